The van der Waals surface area contributed by atoms with Crippen LogP contribution in [-0.2, 0) is 14.3 Å². The van der Waals surface area contributed by atoms with Crippen molar-refractivity contribution in [3.8, 4) is 0 Å². The van der Waals surface area contributed by atoms with Crippen molar-refractivity contribution in [1.82, 2.24) is 19.4 Å². The van der Waals surface area contributed by atoms with Gasteiger partial charge in [0.15, 0.2) is 0 Å². The number of carbonyl (C=O) groups excluding carboxylic acids is 2. The third kappa shape index (κ3) is 3.92. The number of carbonyl (C=O) groups is 2. The van der Waals surface area contributed by atoms with Crippen molar-refractivity contribution in [2.45, 2.75) is 45.6 Å². The Morgan fingerprint density at radius 1 is 1.08 bits per heavy atom. The summed E-state index contributed by atoms with van der Waals surface area (Å²) >= 11 is 0. The number of hydrogen-bond acceptors (Lipinski definition) is 4. The van der Waals surface area contributed by atoms with Gasteiger partial charge in [-0.15, -0.1) is 0 Å². The highest BCUT2D eigenvalue weighted by Gasteiger charge is 2.32. The summed E-state index contributed by atoms with van der Waals surface area (Å²) < 4.78 is 7.29. The lowest BCUT2D eigenvalue weighted by Gasteiger charge is -2.36. The second-order valence-corrected chi connectivity index (χ2v) is 7.56. The molecule has 144 valence electrons. The van der Waals surface area contributed by atoms with Gasteiger partial charge in [-0.05, 0) is 19.8 Å². The quantitative estimate of drug-likeness (QED) is 0.817. The smallest absolute Gasteiger partial charge is 0.245 e. The lowest BCUT2D eigenvalue weighted by molar-refractivity contribution is -0.144. The summed E-state index contributed by atoms with van der Waals surface area (Å²) in [4.78, 5) is 33.7. The minimum absolute atomic E-state index is 0.0342. The zero-order valence-electron chi connectivity index (χ0n) is 16.1. The van der Waals surface area contributed by atoms with E-state index in [1.54, 1.807) is 6.20 Å². The van der Waals surface area contributed by atoms with Crippen LogP contribution in [0.25, 0.3) is 0 Å². The minimum Gasteiger partial charge on any atom is -0.378 e. The molecule has 2 aliphatic rings. The Morgan fingerprint density at radius 3 is 2.35 bits per heavy atom. The summed E-state index contributed by atoms with van der Waals surface area (Å²) in [5, 5.41) is 0. The van der Waals surface area contributed by atoms with Crippen LogP contribution in [0.4, 0.5) is 0 Å². The van der Waals surface area contributed by atoms with Crippen molar-refractivity contribution in [2.24, 2.45) is 5.92 Å². The maximum atomic E-state index is 12.9. The molecule has 0 radical (unpaired) electrons. The third-order valence-electron chi connectivity index (χ3n) is 5.47. The van der Waals surface area contributed by atoms with Gasteiger partial charge in [-0.25, -0.2) is 4.98 Å². The van der Waals surface area contributed by atoms with E-state index in [9.17, 15) is 9.59 Å². The van der Waals surface area contributed by atoms with E-state index in [0.29, 0.717) is 39.4 Å². The molecule has 26 heavy (non-hydrogen) atoms. The molecule has 0 aromatic carbocycles. The van der Waals surface area contributed by atoms with Crippen molar-refractivity contribution in [3.63, 3.8) is 0 Å². The molecule has 0 unspecified atom stereocenters. The highest BCUT2D eigenvalue weighted by molar-refractivity contribution is 5.82. The normalized spacial score (nSPS) is 20.5. The summed E-state index contributed by atoms with van der Waals surface area (Å²) in [7, 11) is 0. The molecule has 1 aromatic heterocycles. The van der Waals surface area contributed by atoms with Gasteiger partial charge in [-0.1, -0.05) is 13.8 Å². The van der Waals surface area contributed by atoms with Crippen molar-refractivity contribution < 1.29 is 14.3 Å². The largest absolute Gasteiger partial charge is 0.378 e. The van der Waals surface area contributed by atoms with Gasteiger partial charge in [0, 0.05) is 50.4 Å². The number of imidazole rings is 1. The fourth-order valence-electron chi connectivity index (χ4n) is 3.87. The molecule has 0 bridgehead atoms. The minimum atomic E-state index is -0.263. The highest BCUT2D eigenvalue weighted by Crippen LogP contribution is 2.24. The van der Waals surface area contributed by atoms with E-state index in [1.807, 2.05) is 27.5 Å². The Hall–Kier alpha value is -1.89. The summed E-state index contributed by atoms with van der Waals surface area (Å²) in [6.07, 6.45) is 5.13. The molecule has 2 fully saturated rings. The van der Waals surface area contributed by atoms with E-state index in [0.717, 1.165) is 18.7 Å². The Morgan fingerprint density at radius 2 is 1.73 bits per heavy atom. The van der Waals surface area contributed by atoms with Crippen molar-refractivity contribution in [3.05, 3.63) is 18.2 Å². The fraction of sp³-hybridized carbons (Fsp3) is 0.737. The van der Waals surface area contributed by atoms with Gasteiger partial charge in [-0.2, -0.15) is 0 Å². The van der Waals surface area contributed by atoms with Crippen molar-refractivity contribution in [2.75, 3.05) is 39.4 Å². The van der Waals surface area contributed by atoms with E-state index >= 15 is 0 Å². The third-order valence-corrected chi connectivity index (χ3v) is 5.47. The zero-order valence-corrected chi connectivity index (χ0v) is 16.1. The maximum Gasteiger partial charge on any atom is 0.245 e. The van der Waals surface area contributed by atoms with Crippen LogP contribution >= 0.6 is 0 Å². The van der Waals surface area contributed by atoms with Crippen molar-refractivity contribution in [1.29, 1.82) is 0 Å². The van der Waals surface area contributed by atoms with Crippen LogP contribution in [0, 0.1) is 5.92 Å². The molecule has 3 rings (SSSR count). The number of amides is 2. The number of hydrogen-bond donors (Lipinski definition) is 0. The van der Waals surface area contributed by atoms with Crippen LogP contribution < -0.4 is 0 Å². The van der Waals surface area contributed by atoms with Crippen LogP contribution in [0.1, 0.15) is 51.4 Å². The molecule has 2 aliphatic heterocycles. The number of piperidine rings is 1. The molecule has 1 aromatic rings. The second kappa shape index (κ2) is 8.20. The zero-order chi connectivity index (χ0) is 18.7. The average molecular weight is 362 g/mol. The van der Waals surface area contributed by atoms with Crippen LogP contribution in [0.2, 0.25) is 0 Å². The van der Waals surface area contributed by atoms with Gasteiger partial charge >= 0.3 is 0 Å². The monoisotopic (exact) mass is 362 g/mol. The van der Waals surface area contributed by atoms with Gasteiger partial charge in [0.1, 0.15) is 11.9 Å². The van der Waals surface area contributed by atoms with Gasteiger partial charge in [0.05, 0.1) is 13.2 Å². The second-order valence-electron chi connectivity index (χ2n) is 7.56. The van der Waals surface area contributed by atoms with E-state index in [1.165, 1.54) is 0 Å². The average Bonchev–Trinajstić information content (AvgIpc) is 3.17. The number of ether oxygens (including phenoxy) is 1. The predicted molar refractivity (Wildman–Crippen MR) is 97.7 cm³/mol. The molecule has 0 N–H and O–H groups in total. The first kappa shape index (κ1) is 18.9. The number of rotatable bonds is 4. The standard InChI is InChI=1S/C19H30N4O3/c1-14(2)17-20-6-9-23(17)15(3)18(24)21-7-4-16(5-8-21)19(25)22-10-12-26-13-11-22/h6,9,14-16H,4-5,7-8,10-13H2,1-3H3/t15-/m0/s1. The van der Waals surface area contributed by atoms with Crippen molar-refractivity contribution >= 4 is 11.8 Å². The highest BCUT2D eigenvalue weighted by atomic mass is 16.5. The SMILES string of the molecule is CC(C)c1nccn1[C@@H](C)C(=O)N1CCC(C(=O)N2CCOCC2)CC1. The predicted octanol–water partition coefficient (Wildman–Crippen LogP) is 1.66. The maximum absolute atomic E-state index is 12.9. The lowest BCUT2D eigenvalue weighted by Crippen LogP contribution is -2.48. The fourth-order valence-corrected chi connectivity index (χ4v) is 3.87. The molecule has 2 amide bonds. The van der Waals surface area contributed by atoms with Crippen LogP contribution in [0.3, 0.4) is 0 Å². The Labute approximate surface area is 155 Å². The molecule has 1 atom stereocenters. The number of nitrogens with zero attached hydrogens (tertiary/aromatic N) is 4. The molecule has 3 heterocycles. The molecular weight excluding hydrogens is 332 g/mol. The van der Waals surface area contributed by atoms with Crippen LogP contribution in [-0.4, -0.2) is 70.6 Å². The number of morpholine rings is 1. The van der Waals surface area contributed by atoms with E-state index in [4.69, 9.17) is 4.74 Å². The van der Waals surface area contributed by atoms with E-state index < -0.39 is 0 Å². The number of likely N-dealkylation sites (tertiary alicyclic amines) is 1. The first-order chi connectivity index (χ1) is 12.5. The molecule has 0 aliphatic carbocycles. The molecule has 7 nitrogen and oxygen atoms in total. The summed E-state index contributed by atoms with van der Waals surface area (Å²) in [6.45, 7) is 10.0. The first-order valence-electron chi connectivity index (χ1n) is 9.67. The lowest BCUT2D eigenvalue weighted by atomic mass is 9.94. The topological polar surface area (TPSA) is 67.7 Å². The summed E-state index contributed by atoms with van der Waals surface area (Å²) in [6, 6.07) is -0.263. The van der Waals surface area contributed by atoms with Crippen LogP contribution in [0.15, 0.2) is 12.4 Å². The molecule has 2 saturated heterocycles. The van der Waals surface area contributed by atoms with Gasteiger partial charge < -0.3 is 19.1 Å². The Bertz CT molecular complexity index is 628. The summed E-state index contributed by atoms with van der Waals surface area (Å²) in [5.74, 6) is 1.58. The molecular formula is C19H30N4O3. The van der Waals surface area contributed by atoms with Gasteiger partial charge in [0.25, 0.3) is 0 Å². The van der Waals surface area contributed by atoms with Gasteiger partial charge in [-0.3, -0.25) is 9.59 Å². The number of aromatic nitrogens is 2. The van der Waals surface area contributed by atoms with E-state index in [-0.39, 0.29) is 29.7 Å². The Kier molecular flexibility index (Phi) is 5.96. The molecule has 0 saturated carbocycles. The first-order valence-corrected chi connectivity index (χ1v) is 9.67. The Balaban J connectivity index is 1.56. The molecule has 7 heteroatoms. The summed E-state index contributed by atoms with van der Waals surface area (Å²) in [5.41, 5.74) is 0. The van der Waals surface area contributed by atoms with Crippen LogP contribution in [0.5, 0.6) is 0 Å². The molecule has 0 spiro atoms. The van der Waals surface area contributed by atoms with E-state index in [2.05, 4.69) is 18.8 Å². The van der Waals surface area contributed by atoms with Gasteiger partial charge in [0.2, 0.25) is 11.8 Å².